The Hall–Kier alpha value is -2.14. The van der Waals surface area contributed by atoms with Crippen molar-refractivity contribution in [3.8, 4) is 22.6 Å². The summed E-state index contributed by atoms with van der Waals surface area (Å²) in [6.45, 7) is 7.23. The summed E-state index contributed by atoms with van der Waals surface area (Å²) in [5.74, 6) is 3.39. The third-order valence-corrected chi connectivity index (χ3v) is 4.71. The summed E-state index contributed by atoms with van der Waals surface area (Å²) in [4.78, 5) is 12.8. The van der Waals surface area contributed by atoms with Gasteiger partial charge in [-0.3, -0.25) is 0 Å². The minimum atomic E-state index is 0.493. The maximum absolute atomic E-state index is 5.62. The predicted molar refractivity (Wildman–Crippen MR) is 89.6 cm³/mol. The molecule has 3 aliphatic rings. The van der Waals surface area contributed by atoms with Gasteiger partial charge in [0.05, 0.1) is 17.6 Å². The van der Waals surface area contributed by atoms with Crippen LogP contribution in [0, 0.1) is 13.8 Å². The van der Waals surface area contributed by atoms with E-state index in [1.807, 2.05) is 26.1 Å². The minimum Gasteiger partial charge on any atom is -0.466 e. The number of nitrogens with one attached hydrogen (secondary N) is 2. The highest BCUT2D eigenvalue weighted by Gasteiger charge is 2.23. The molecule has 4 rings (SSSR count). The lowest BCUT2D eigenvalue weighted by atomic mass is 9.92. The van der Waals surface area contributed by atoms with Crippen LogP contribution in [0.2, 0.25) is 0 Å². The van der Waals surface area contributed by atoms with E-state index in [1.54, 1.807) is 0 Å². The van der Waals surface area contributed by atoms with Gasteiger partial charge in [-0.25, -0.2) is 9.97 Å². The van der Waals surface area contributed by atoms with Crippen molar-refractivity contribution in [3.05, 3.63) is 35.7 Å². The predicted octanol–water partition coefficient (Wildman–Crippen LogP) is 3.64. The van der Waals surface area contributed by atoms with Gasteiger partial charge in [0.15, 0.2) is 0 Å². The Kier molecular flexibility index (Phi) is 3.45. The second-order valence-corrected chi connectivity index (χ2v) is 6.61. The summed E-state index contributed by atoms with van der Waals surface area (Å²) in [5, 5.41) is 3.49. The van der Waals surface area contributed by atoms with E-state index in [4.69, 9.17) is 9.40 Å². The van der Waals surface area contributed by atoms with Crippen molar-refractivity contribution in [2.75, 3.05) is 6.54 Å². The van der Waals surface area contributed by atoms with Crippen LogP contribution < -0.4 is 5.32 Å². The molecule has 120 valence electrons. The average molecular weight is 310 g/mol. The number of hydrogen-bond acceptors (Lipinski definition) is 4. The Bertz CT molecular complexity index is 803. The van der Waals surface area contributed by atoms with E-state index in [1.165, 1.54) is 0 Å². The topological polar surface area (TPSA) is 66.7 Å². The Labute approximate surface area is 135 Å². The molecule has 1 aromatic rings. The van der Waals surface area contributed by atoms with Gasteiger partial charge in [0.1, 0.15) is 23.0 Å². The summed E-state index contributed by atoms with van der Waals surface area (Å²) >= 11 is 0. The lowest BCUT2D eigenvalue weighted by Crippen LogP contribution is -2.35. The highest BCUT2D eigenvalue weighted by molar-refractivity contribution is 5.72. The number of piperidine rings is 1. The number of nitrogens with zero attached hydrogens (tertiary/aromatic N) is 2. The van der Waals surface area contributed by atoms with Crippen LogP contribution in [-0.2, 0) is 0 Å². The standard InChI is InChI=1S/C18H22N4O/c1-10-6-13(4-5-19-10)18-20-9-17-16(22-18)8-15(21-17)14-7-11(2)23-12(14)3/h7-10,13,19H,4-6H2,1-3H3,(H,20,22). The Morgan fingerprint density at radius 1 is 1.22 bits per heavy atom. The van der Waals surface area contributed by atoms with Crippen LogP contribution in [0.4, 0.5) is 0 Å². The number of aromatic amines is 1. The lowest BCUT2D eigenvalue weighted by Gasteiger charge is -2.27. The summed E-state index contributed by atoms with van der Waals surface area (Å²) in [5.41, 5.74) is 3.96. The molecule has 2 atom stereocenters. The van der Waals surface area contributed by atoms with E-state index in [9.17, 15) is 0 Å². The lowest BCUT2D eigenvalue weighted by molar-refractivity contribution is 0.371. The number of H-pyrrole nitrogens is 1. The Balaban J connectivity index is 1.70. The Morgan fingerprint density at radius 3 is 2.83 bits per heavy atom. The first-order chi connectivity index (χ1) is 11.1. The van der Waals surface area contributed by atoms with E-state index < -0.39 is 0 Å². The number of aromatic nitrogens is 3. The number of fused-ring (bicyclic) bond motifs is 1. The maximum Gasteiger partial charge on any atom is 0.110 e. The maximum atomic E-state index is 5.62. The molecule has 3 aliphatic heterocycles. The smallest absolute Gasteiger partial charge is 0.110 e. The van der Waals surface area contributed by atoms with Crippen LogP contribution in [0.25, 0.3) is 22.6 Å². The van der Waals surface area contributed by atoms with Gasteiger partial charge >= 0.3 is 0 Å². The van der Waals surface area contributed by atoms with Crippen molar-refractivity contribution < 1.29 is 4.42 Å². The van der Waals surface area contributed by atoms with Crippen LogP contribution in [0.1, 0.15) is 43.0 Å². The molecular weight excluding hydrogens is 288 g/mol. The van der Waals surface area contributed by atoms with E-state index in [-0.39, 0.29) is 0 Å². The van der Waals surface area contributed by atoms with Gasteiger partial charge in [-0.1, -0.05) is 0 Å². The number of rotatable bonds is 2. The molecule has 0 spiro atoms. The molecule has 0 saturated carbocycles. The van der Waals surface area contributed by atoms with Crippen LogP contribution in [-0.4, -0.2) is 27.5 Å². The zero-order chi connectivity index (χ0) is 16.0. The molecule has 4 heterocycles. The van der Waals surface area contributed by atoms with E-state index >= 15 is 0 Å². The average Bonchev–Trinajstić information content (AvgIpc) is 3.09. The molecule has 5 nitrogen and oxygen atoms in total. The zero-order valence-electron chi connectivity index (χ0n) is 13.8. The first-order valence-electron chi connectivity index (χ1n) is 8.26. The van der Waals surface area contributed by atoms with Crippen molar-refractivity contribution in [2.24, 2.45) is 0 Å². The second kappa shape index (κ2) is 5.49. The van der Waals surface area contributed by atoms with Gasteiger partial charge in [-0.2, -0.15) is 0 Å². The van der Waals surface area contributed by atoms with Crippen LogP contribution in [0.3, 0.4) is 0 Å². The van der Waals surface area contributed by atoms with Gasteiger partial charge in [0, 0.05) is 17.5 Å². The highest BCUT2D eigenvalue weighted by Crippen LogP contribution is 2.32. The van der Waals surface area contributed by atoms with Gasteiger partial charge in [-0.05, 0) is 52.3 Å². The van der Waals surface area contributed by atoms with E-state index in [0.29, 0.717) is 12.0 Å². The minimum absolute atomic E-state index is 0.493. The third-order valence-electron chi connectivity index (χ3n) is 4.71. The summed E-state index contributed by atoms with van der Waals surface area (Å²) in [6.07, 6.45) is 4.13. The van der Waals surface area contributed by atoms with Crippen molar-refractivity contribution in [2.45, 2.75) is 45.6 Å². The normalized spacial score (nSPS) is 21.9. The Morgan fingerprint density at radius 2 is 2.09 bits per heavy atom. The van der Waals surface area contributed by atoms with Gasteiger partial charge in [0.2, 0.25) is 0 Å². The number of furan rings is 1. The zero-order valence-corrected chi connectivity index (χ0v) is 13.8. The number of hydrogen-bond donors (Lipinski definition) is 2. The largest absolute Gasteiger partial charge is 0.466 e. The fourth-order valence-corrected chi connectivity index (χ4v) is 3.54. The molecule has 0 radical (unpaired) electrons. The van der Waals surface area contributed by atoms with Crippen LogP contribution in [0.15, 0.2) is 22.7 Å². The molecule has 0 bridgehead atoms. The fourth-order valence-electron chi connectivity index (χ4n) is 3.54. The number of aryl methyl sites for hydroxylation is 2. The van der Waals surface area contributed by atoms with Crippen LogP contribution >= 0.6 is 0 Å². The molecule has 2 unspecified atom stereocenters. The molecule has 5 heteroatoms. The highest BCUT2D eigenvalue weighted by atomic mass is 16.3. The summed E-state index contributed by atoms with van der Waals surface area (Å²) in [7, 11) is 0. The summed E-state index contributed by atoms with van der Waals surface area (Å²) in [6, 6.07) is 4.69. The molecule has 0 amide bonds. The molecular formula is C18H22N4O. The van der Waals surface area contributed by atoms with Gasteiger partial charge in [0.25, 0.3) is 0 Å². The first-order valence-corrected chi connectivity index (χ1v) is 8.26. The third kappa shape index (κ3) is 2.65. The SMILES string of the molecule is Cc1cc(-c2cc3[nH]c(C4CCNC(C)C4)ncc-3n2)c(C)o1. The first kappa shape index (κ1) is 14.5. The second-order valence-electron chi connectivity index (χ2n) is 6.61. The van der Waals surface area contributed by atoms with Crippen molar-refractivity contribution >= 4 is 0 Å². The molecule has 23 heavy (non-hydrogen) atoms. The van der Waals surface area contributed by atoms with E-state index in [0.717, 1.165) is 59.4 Å². The summed E-state index contributed by atoms with van der Waals surface area (Å²) < 4.78 is 5.62. The molecule has 2 N–H and O–H groups in total. The monoisotopic (exact) mass is 310 g/mol. The molecule has 0 aliphatic carbocycles. The van der Waals surface area contributed by atoms with Crippen molar-refractivity contribution in [1.82, 2.24) is 20.3 Å². The van der Waals surface area contributed by atoms with Gasteiger partial charge in [-0.15, -0.1) is 0 Å². The molecule has 1 saturated heterocycles. The quantitative estimate of drug-likeness (QED) is 0.758. The molecule has 1 fully saturated rings. The van der Waals surface area contributed by atoms with Gasteiger partial charge < -0.3 is 14.7 Å². The fraction of sp³-hybridized carbons (Fsp3) is 0.444. The molecule has 0 aromatic carbocycles. The van der Waals surface area contributed by atoms with Crippen molar-refractivity contribution in [1.29, 1.82) is 0 Å². The van der Waals surface area contributed by atoms with E-state index in [2.05, 4.69) is 28.3 Å². The molecule has 1 aromatic heterocycles. The van der Waals surface area contributed by atoms with Crippen molar-refractivity contribution in [3.63, 3.8) is 0 Å². The van der Waals surface area contributed by atoms with Crippen LogP contribution in [0.5, 0.6) is 0 Å².